The van der Waals surface area contributed by atoms with Crippen LogP contribution in [-0.2, 0) is 15.6 Å². The summed E-state index contributed by atoms with van der Waals surface area (Å²) in [4.78, 5) is 0.278. The first-order chi connectivity index (χ1) is 9.85. The number of rotatable bonds is 5. The van der Waals surface area contributed by atoms with Crippen molar-refractivity contribution in [2.45, 2.75) is 43.9 Å². The molecule has 2 rings (SSSR count). The van der Waals surface area contributed by atoms with Crippen molar-refractivity contribution in [1.29, 1.82) is 0 Å². The third kappa shape index (κ3) is 3.26. The Labute approximate surface area is 125 Å². The fourth-order valence-corrected chi connectivity index (χ4v) is 3.70. The highest BCUT2D eigenvalue weighted by Gasteiger charge is 2.20. The second-order valence-corrected chi connectivity index (χ2v) is 7.23. The van der Waals surface area contributed by atoms with E-state index in [-0.39, 0.29) is 16.7 Å². The lowest BCUT2D eigenvalue weighted by Gasteiger charge is -2.09. The second kappa shape index (κ2) is 5.89. The summed E-state index contributed by atoms with van der Waals surface area (Å²) < 4.78 is 26.8. The van der Waals surface area contributed by atoms with Crippen LogP contribution in [0, 0.1) is 6.92 Å². The molecule has 1 aromatic heterocycles. The molecular formula is C15H21N3O2S. The van der Waals surface area contributed by atoms with E-state index in [4.69, 9.17) is 5.73 Å². The van der Waals surface area contributed by atoms with Gasteiger partial charge in [0.2, 0.25) is 0 Å². The standard InChI is InChI=1S/C15H21N3O2S/c1-4-11(2)18-9-8-13(17-18)10-21(19,20)15-7-5-6-14(16)12(15)3/h5-9,11H,4,10,16H2,1-3H3. The van der Waals surface area contributed by atoms with Crippen LogP contribution in [0.15, 0.2) is 35.4 Å². The molecule has 1 heterocycles. The maximum absolute atomic E-state index is 12.5. The van der Waals surface area contributed by atoms with Crippen molar-refractivity contribution in [2.24, 2.45) is 0 Å². The summed E-state index contributed by atoms with van der Waals surface area (Å²) >= 11 is 0. The highest BCUT2D eigenvalue weighted by Crippen LogP contribution is 2.24. The van der Waals surface area contributed by atoms with E-state index in [0.29, 0.717) is 16.9 Å². The molecule has 2 aromatic rings. The molecule has 0 spiro atoms. The van der Waals surface area contributed by atoms with Crippen LogP contribution in [0.25, 0.3) is 0 Å². The lowest BCUT2D eigenvalue weighted by atomic mass is 10.2. The molecule has 21 heavy (non-hydrogen) atoms. The highest BCUT2D eigenvalue weighted by atomic mass is 32.2. The molecule has 6 heteroatoms. The molecule has 0 saturated heterocycles. The van der Waals surface area contributed by atoms with E-state index in [1.165, 1.54) is 0 Å². The monoisotopic (exact) mass is 307 g/mol. The first-order valence-corrected chi connectivity index (χ1v) is 8.62. The van der Waals surface area contributed by atoms with Crippen molar-refractivity contribution >= 4 is 15.5 Å². The van der Waals surface area contributed by atoms with Crippen LogP contribution < -0.4 is 5.73 Å². The largest absolute Gasteiger partial charge is 0.398 e. The van der Waals surface area contributed by atoms with Crippen LogP contribution in [0.5, 0.6) is 0 Å². The lowest BCUT2D eigenvalue weighted by molar-refractivity contribution is 0.475. The number of aromatic nitrogens is 2. The zero-order valence-electron chi connectivity index (χ0n) is 12.6. The van der Waals surface area contributed by atoms with E-state index in [2.05, 4.69) is 12.0 Å². The summed E-state index contributed by atoms with van der Waals surface area (Å²) in [7, 11) is -3.44. The number of nitrogen functional groups attached to an aromatic ring is 1. The molecule has 1 unspecified atom stereocenters. The smallest absolute Gasteiger partial charge is 0.184 e. The molecule has 0 aliphatic rings. The average molecular weight is 307 g/mol. The van der Waals surface area contributed by atoms with E-state index in [9.17, 15) is 8.42 Å². The summed E-state index contributed by atoms with van der Waals surface area (Å²) in [6.45, 7) is 5.84. The number of hydrogen-bond acceptors (Lipinski definition) is 4. The minimum Gasteiger partial charge on any atom is -0.398 e. The summed E-state index contributed by atoms with van der Waals surface area (Å²) in [5.41, 5.74) is 7.42. The maximum Gasteiger partial charge on any atom is 0.184 e. The Bertz CT molecular complexity index is 735. The van der Waals surface area contributed by atoms with Crippen molar-refractivity contribution in [1.82, 2.24) is 9.78 Å². The molecule has 1 aromatic carbocycles. The predicted octanol–water partition coefficient (Wildman–Crippen LogP) is 2.72. The van der Waals surface area contributed by atoms with Gasteiger partial charge in [0.1, 0.15) is 0 Å². The minimum atomic E-state index is -3.44. The number of nitrogens with zero attached hydrogens (tertiary/aromatic N) is 2. The third-order valence-corrected chi connectivity index (χ3v) is 5.49. The zero-order valence-corrected chi connectivity index (χ0v) is 13.4. The van der Waals surface area contributed by atoms with Crippen molar-refractivity contribution in [2.75, 3.05) is 5.73 Å². The Kier molecular flexibility index (Phi) is 4.37. The molecule has 2 N–H and O–H groups in total. The van der Waals surface area contributed by atoms with Crippen molar-refractivity contribution < 1.29 is 8.42 Å². The molecule has 0 amide bonds. The molecule has 5 nitrogen and oxygen atoms in total. The molecule has 114 valence electrons. The van der Waals surface area contributed by atoms with Gasteiger partial charge in [-0.2, -0.15) is 5.10 Å². The molecule has 0 fully saturated rings. The first kappa shape index (κ1) is 15.6. The maximum atomic E-state index is 12.5. The average Bonchev–Trinajstić information content (AvgIpc) is 2.88. The molecular weight excluding hydrogens is 286 g/mol. The fourth-order valence-electron chi connectivity index (χ4n) is 2.13. The van der Waals surface area contributed by atoms with Crippen LogP contribution >= 0.6 is 0 Å². The highest BCUT2D eigenvalue weighted by molar-refractivity contribution is 7.90. The van der Waals surface area contributed by atoms with Gasteiger partial charge in [-0.3, -0.25) is 4.68 Å². The predicted molar refractivity (Wildman–Crippen MR) is 83.7 cm³/mol. The van der Waals surface area contributed by atoms with Gasteiger partial charge >= 0.3 is 0 Å². The van der Waals surface area contributed by atoms with Crippen LogP contribution in [0.3, 0.4) is 0 Å². The topological polar surface area (TPSA) is 78.0 Å². The van der Waals surface area contributed by atoms with Crippen molar-refractivity contribution in [3.8, 4) is 0 Å². The first-order valence-electron chi connectivity index (χ1n) is 6.97. The molecule has 0 radical (unpaired) electrons. The number of hydrogen-bond donors (Lipinski definition) is 1. The summed E-state index contributed by atoms with van der Waals surface area (Å²) in [6.07, 6.45) is 2.77. The Balaban J connectivity index is 2.29. The summed E-state index contributed by atoms with van der Waals surface area (Å²) in [6, 6.07) is 6.97. The Hall–Kier alpha value is -1.82. The quantitative estimate of drug-likeness (QED) is 0.862. The van der Waals surface area contributed by atoms with Crippen LogP contribution in [-0.4, -0.2) is 18.2 Å². The molecule has 0 aliphatic carbocycles. The fraction of sp³-hybridized carbons (Fsp3) is 0.400. The lowest BCUT2D eigenvalue weighted by Crippen LogP contribution is -2.10. The van der Waals surface area contributed by atoms with Gasteiger partial charge < -0.3 is 5.73 Å². The van der Waals surface area contributed by atoms with E-state index in [0.717, 1.165) is 6.42 Å². The van der Waals surface area contributed by atoms with E-state index in [1.807, 2.05) is 13.1 Å². The van der Waals surface area contributed by atoms with Crippen molar-refractivity contribution in [3.05, 3.63) is 41.7 Å². The van der Waals surface area contributed by atoms with E-state index >= 15 is 0 Å². The van der Waals surface area contributed by atoms with Crippen LogP contribution in [0.4, 0.5) is 5.69 Å². The SMILES string of the molecule is CCC(C)n1ccc(CS(=O)(=O)c2cccc(N)c2C)n1. The molecule has 1 atom stereocenters. The normalized spacial score (nSPS) is 13.3. The van der Waals surface area contributed by atoms with E-state index in [1.54, 1.807) is 35.9 Å². The third-order valence-electron chi connectivity index (χ3n) is 3.70. The Morgan fingerprint density at radius 1 is 1.33 bits per heavy atom. The Morgan fingerprint density at radius 2 is 2.05 bits per heavy atom. The molecule has 0 saturated carbocycles. The van der Waals surface area contributed by atoms with Crippen molar-refractivity contribution in [3.63, 3.8) is 0 Å². The zero-order chi connectivity index (χ0) is 15.6. The van der Waals surface area contributed by atoms with E-state index < -0.39 is 9.84 Å². The molecule has 0 aliphatic heterocycles. The van der Waals surface area contributed by atoms with Crippen LogP contribution in [0.2, 0.25) is 0 Å². The second-order valence-electron chi connectivity index (χ2n) is 5.27. The molecule has 0 bridgehead atoms. The number of sulfone groups is 1. The minimum absolute atomic E-state index is 0.110. The van der Waals surface area contributed by atoms with Gasteiger partial charge in [0.05, 0.1) is 16.3 Å². The van der Waals surface area contributed by atoms with Gasteiger partial charge in [0.15, 0.2) is 9.84 Å². The summed E-state index contributed by atoms with van der Waals surface area (Å²) in [5.74, 6) is -0.110. The van der Waals surface area contributed by atoms with Crippen LogP contribution in [0.1, 0.15) is 37.6 Å². The number of nitrogens with two attached hydrogens (primary N) is 1. The summed E-state index contributed by atoms with van der Waals surface area (Å²) in [5, 5.41) is 4.35. The van der Waals surface area contributed by atoms with Gasteiger partial charge in [0, 0.05) is 17.9 Å². The number of benzene rings is 1. The van der Waals surface area contributed by atoms with Gasteiger partial charge in [-0.25, -0.2) is 8.42 Å². The van der Waals surface area contributed by atoms with Gasteiger partial charge in [0.25, 0.3) is 0 Å². The van der Waals surface area contributed by atoms with Gasteiger partial charge in [-0.15, -0.1) is 0 Å². The van der Waals surface area contributed by atoms with Gasteiger partial charge in [-0.05, 0) is 44.0 Å². The number of anilines is 1. The Morgan fingerprint density at radius 3 is 2.71 bits per heavy atom. The van der Waals surface area contributed by atoms with Gasteiger partial charge in [-0.1, -0.05) is 13.0 Å².